The lowest BCUT2D eigenvalue weighted by Gasteiger charge is -2.06. The van der Waals surface area contributed by atoms with Gasteiger partial charge in [0.2, 0.25) is 0 Å². The molecule has 0 saturated carbocycles. The summed E-state index contributed by atoms with van der Waals surface area (Å²) in [5.41, 5.74) is 5.35. The maximum atomic E-state index is 12.0. The minimum atomic E-state index is -0.510. The van der Waals surface area contributed by atoms with Gasteiger partial charge in [-0.05, 0) is 42.7 Å². The number of rotatable bonds is 4. The highest BCUT2D eigenvalue weighted by atomic mass is 35.5. The van der Waals surface area contributed by atoms with E-state index < -0.39 is 5.91 Å². The second-order valence-corrected chi connectivity index (χ2v) is 5.29. The number of amides is 1. The molecule has 22 heavy (non-hydrogen) atoms. The second kappa shape index (κ2) is 7.09. The Morgan fingerprint density at radius 1 is 1.23 bits per heavy atom. The Balaban J connectivity index is 2.12. The molecule has 0 heterocycles. The summed E-state index contributed by atoms with van der Waals surface area (Å²) in [6.07, 6.45) is 0.973. The summed E-state index contributed by atoms with van der Waals surface area (Å²) < 4.78 is 0. The van der Waals surface area contributed by atoms with Crippen LogP contribution in [0.4, 0.5) is 0 Å². The molecule has 0 atom stereocenters. The van der Waals surface area contributed by atoms with Crippen molar-refractivity contribution in [2.24, 2.45) is 5.10 Å². The molecule has 0 spiro atoms. The van der Waals surface area contributed by atoms with E-state index in [1.807, 2.05) is 24.3 Å². The van der Waals surface area contributed by atoms with Crippen LogP contribution >= 0.6 is 11.6 Å². The average Bonchev–Trinajstić information content (AvgIpc) is 2.54. The summed E-state index contributed by atoms with van der Waals surface area (Å²) in [6.45, 7) is 3.90. The molecule has 5 heteroatoms. The van der Waals surface area contributed by atoms with E-state index in [0.29, 0.717) is 10.7 Å². The Bertz CT molecular complexity index is 709. The lowest BCUT2D eigenvalue weighted by Crippen LogP contribution is -2.19. The van der Waals surface area contributed by atoms with Crippen LogP contribution in [-0.4, -0.2) is 16.7 Å². The Morgan fingerprint density at radius 3 is 2.55 bits per heavy atom. The topological polar surface area (TPSA) is 61.7 Å². The molecular formula is C17H17ClN2O2. The number of hydrogen-bond acceptors (Lipinski definition) is 3. The number of phenols is 1. The van der Waals surface area contributed by atoms with Gasteiger partial charge in [0.1, 0.15) is 5.75 Å². The van der Waals surface area contributed by atoms with Gasteiger partial charge in [-0.2, -0.15) is 5.10 Å². The van der Waals surface area contributed by atoms with Crippen LogP contribution in [-0.2, 0) is 6.42 Å². The molecule has 1 amide bonds. The molecule has 4 nitrogen and oxygen atoms in total. The standard InChI is InChI=1S/C17H17ClN2O2/c1-3-12-4-6-13(7-5-12)11(2)19-20-17(22)15-10-14(18)8-9-16(15)21/h4-10,21H,3H2,1-2H3,(H,20,22)/b19-11+. The number of aryl methyl sites for hydroxylation is 1. The molecule has 2 aromatic rings. The third-order valence-electron chi connectivity index (χ3n) is 3.31. The van der Waals surface area contributed by atoms with E-state index in [0.717, 1.165) is 12.0 Å². The van der Waals surface area contributed by atoms with Gasteiger partial charge in [-0.1, -0.05) is 42.8 Å². The summed E-state index contributed by atoms with van der Waals surface area (Å²) in [6, 6.07) is 12.3. The van der Waals surface area contributed by atoms with Gasteiger partial charge in [-0.25, -0.2) is 5.43 Å². The number of phenolic OH excluding ortho intramolecular Hbond substituents is 1. The molecule has 2 N–H and O–H groups in total. The Kier molecular flexibility index (Phi) is 5.17. The molecule has 2 aromatic carbocycles. The molecule has 0 radical (unpaired) electrons. The number of nitrogens with zero attached hydrogens (tertiary/aromatic N) is 1. The zero-order valence-corrected chi connectivity index (χ0v) is 13.2. The molecule has 114 valence electrons. The minimum absolute atomic E-state index is 0.0883. The molecule has 0 fully saturated rings. The third kappa shape index (κ3) is 3.86. The number of halogens is 1. The average molecular weight is 317 g/mol. The van der Waals surface area contributed by atoms with E-state index in [2.05, 4.69) is 17.5 Å². The van der Waals surface area contributed by atoms with Gasteiger partial charge in [-0.15, -0.1) is 0 Å². The second-order valence-electron chi connectivity index (χ2n) is 4.85. The zero-order valence-electron chi connectivity index (χ0n) is 12.4. The van der Waals surface area contributed by atoms with E-state index in [1.54, 1.807) is 6.92 Å². The number of nitrogens with one attached hydrogen (secondary N) is 1. The number of aromatic hydroxyl groups is 1. The van der Waals surface area contributed by atoms with Crippen LogP contribution in [0.2, 0.25) is 5.02 Å². The first-order chi connectivity index (χ1) is 10.5. The maximum Gasteiger partial charge on any atom is 0.275 e. The highest BCUT2D eigenvalue weighted by Gasteiger charge is 2.11. The van der Waals surface area contributed by atoms with Gasteiger partial charge in [0.15, 0.2) is 0 Å². The summed E-state index contributed by atoms with van der Waals surface area (Å²) in [5.74, 6) is -0.647. The van der Waals surface area contributed by atoms with E-state index >= 15 is 0 Å². The van der Waals surface area contributed by atoms with Crippen LogP contribution in [0.25, 0.3) is 0 Å². The number of carbonyl (C=O) groups excluding carboxylic acids is 1. The van der Waals surface area contributed by atoms with Gasteiger partial charge in [0.25, 0.3) is 5.91 Å². The smallest absolute Gasteiger partial charge is 0.275 e. The molecule has 2 rings (SSSR count). The lowest BCUT2D eigenvalue weighted by molar-refractivity contribution is 0.0952. The fourth-order valence-corrected chi connectivity index (χ4v) is 2.10. The van der Waals surface area contributed by atoms with Crippen molar-refractivity contribution in [1.29, 1.82) is 0 Å². The van der Waals surface area contributed by atoms with Crippen LogP contribution in [0.15, 0.2) is 47.6 Å². The predicted molar refractivity (Wildman–Crippen MR) is 88.6 cm³/mol. The summed E-state index contributed by atoms with van der Waals surface area (Å²) in [7, 11) is 0. The Morgan fingerprint density at radius 2 is 1.91 bits per heavy atom. The molecule has 0 aromatic heterocycles. The first kappa shape index (κ1) is 16.0. The summed E-state index contributed by atoms with van der Waals surface area (Å²) >= 11 is 5.82. The highest BCUT2D eigenvalue weighted by Crippen LogP contribution is 2.21. The van der Waals surface area contributed by atoms with E-state index in [-0.39, 0.29) is 11.3 Å². The SMILES string of the molecule is CCc1ccc(/C(C)=N/NC(=O)c2cc(Cl)ccc2O)cc1. The maximum absolute atomic E-state index is 12.0. The molecule has 0 saturated heterocycles. The molecule has 0 aliphatic heterocycles. The van der Waals surface area contributed by atoms with Crippen LogP contribution in [0, 0.1) is 0 Å². The monoisotopic (exact) mass is 316 g/mol. The normalized spacial score (nSPS) is 11.3. The van der Waals surface area contributed by atoms with Gasteiger partial charge in [-0.3, -0.25) is 4.79 Å². The van der Waals surface area contributed by atoms with Gasteiger partial charge in [0, 0.05) is 5.02 Å². The van der Waals surface area contributed by atoms with Gasteiger partial charge in [0.05, 0.1) is 11.3 Å². The fraction of sp³-hybridized carbons (Fsp3) is 0.176. The van der Waals surface area contributed by atoms with Crippen molar-refractivity contribution in [3.05, 3.63) is 64.2 Å². The van der Waals surface area contributed by atoms with Crippen LogP contribution in [0.3, 0.4) is 0 Å². The van der Waals surface area contributed by atoms with Gasteiger partial charge < -0.3 is 5.11 Å². The van der Waals surface area contributed by atoms with Crippen molar-refractivity contribution < 1.29 is 9.90 Å². The predicted octanol–water partition coefficient (Wildman–Crippen LogP) is 3.76. The largest absolute Gasteiger partial charge is 0.507 e. The molecule has 0 unspecified atom stereocenters. The van der Waals surface area contributed by atoms with Crippen molar-refractivity contribution in [3.63, 3.8) is 0 Å². The minimum Gasteiger partial charge on any atom is -0.507 e. The van der Waals surface area contributed by atoms with Crippen LogP contribution in [0.5, 0.6) is 5.75 Å². The molecule has 0 aliphatic rings. The van der Waals surface area contributed by atoms with E-state index in [1.165, 1.54) is 23.8 Å². The van der Waals surface area contributed by atoms with Crippen molar-refractivity contribution in [3.8, 4) is 5.75 Å². The molecular weight excluding hydrogens is 300 g/mol. The van der Waals surface area contributed by atoms with Gasteiger partial charge >= 0.3 is 0 Å². The third-order valence-corrected chi connectivity index (χ3v) is 3.54. The van der Waals surface area contributed by atoms with Crippen LogP contribution < -0.4 is 5.43 Å². The zero-order chi connectivity index (χ0) is 16.1. The lowest BCUT2D eigenvalue weighted by atomic mass is 10.1. The number of benzene rings is 2. The number of hydrazone groups is 1. The fourth-order valence-electron chi connectivity index (χ4n) is 1.93. The summed E-state index contributed by atoms with van der Waals surface area (Å²) in [4.78, 5) is 12.0. The quantitative estimate of drug-likeness (QED) is 0.666. The number of carbonyl (C=O) groups is 1. The molecule has 0 bridgehead atoms. The van der Waals surface area contributed by atoms with Crippen molar-refractivity contribution in [1.82, 2.24) is 5.43 Å². The van der Waals surface area contributed by atoms with Crippen molar-refractivity contribution in [2.45, 2.75) is 20.3 Å². The van der Waals surface area contributed by atoms with Crippen LogP contribution in [0.1, 0.15) is 35.3 Å². The Labute approximate surface area is 134 Å². The first-order valence-electron chi connectivity index (χ1n) is 6.93. The summed E-state index contributed by atoms with van der Waals surface area (Å²) in [5, 5.41) is 14.1. The molecule has 0 aliphatic carbocycles. The van der Waals surface area contributed by atoms with Crippen molar-refractivity contribution in [2.75, 3.05) is 0 Å². The first-order valence-corrected chi connectivity index (χ1v) is 7.31. The van der Waals surface area contributed by atoms with E-state index in [9.17, 15) is 9.90 Å². The Hall–Kier alpha value is -2.33. The van der Waals surface area contributed by atoms with Crippen molar-refractivity contribution >= 4 is 23.2 Å². The number of hydrogen-bond donors (Lipinski definition) is 2. The highest BCUT2D eigenvalue weighted by molar-refractivity contribution is 6.31. The van der Waals surface area contributed by atoms with E-state index in [4.69, 9.17) is 11.6 Å².